The number of para-hydroxylation sites is 1. The van der Waals surface area contributed by atoms with Crippen LogP contribution in [-0.2, 0) is 17.8 Å². The maximum atomic E-state index is 13.1. The molecule has 0 saturated heterocycles. The lowest BCUT2D eigenvalue weighted by Crippen LogP contribution is -2.29. The highest BCUT2D eigenvalue weighted by molar-refractivity contribution is 6.12. The Morgan fingerprint density at radius 2 is 1.85 bits per heavy atom. The lowest BCUT2D eigenvalue weighted by Gasteiger charge is -2.17. The molecule has 1 heterocycles. The highest BCUT2D eigenvalue weighted by atomic mass is 16.5. The highest BCUT2D eigenvalue weighted by Crippen LogP contribution is 2.32. The Bertz CT molecular complexity index is 1220. The molecule has 0 aliphatic carbocycles. The van der Waals surface area contributed by atoms with Crippen molar-refractivity contribution in [2.45, 2.75) is 26.9 Å². The van der Waals surface area contributed by atoms with Gasteiger partial charge < -0.3 is 14.4 Å². The fourth-order valence-electron chi connectivity index (χ4n) is 3.85. The van der Waals surface area contributed by atoms with Crippen molar-refractivity contribution in [3.8, 4) is 17.6 Å². The van der Waals surface area contributed by atoms with E-state index in [-0.39, 0.29) is 11.5 Å². The second-order valence-electron chi connectivity index (χ2n) is 7.92. The summed E-state index contributed by atoms with van der Waals surface area (Å²) in [5.41, 5.74) is 5.05. The Hall–Kier alpha value is -4.04. The third kappa shape index (κ3) is 5.07. The summed E-state index contributed by atoms with van der Waals surface area (Å²) >= 11 is 0. The van der Waals surface area contributed by atoms with Crippen molar-refractivity contribution in [2.24, 2.45) is 0 Å². The highest BCUT2D eigenvalue weighted by Gasteiger charge is 2.26. The van der Waals surface area contributed by atoms with E-state index < -0.39 is 0 Å². The Balaban J connectivity index is 1.55. The molecule has 3 aromatic rings. The monoisotopic (exact) mass is 438 g/mol. The number of amides is 1. The minimum absolute atomic E-state index is 0.0856. The van der Waals surface area contributed by atoms with E-state index >= 15 is 0 Å². The molecule has 4 rings (SSSR count). The molecule has 5 nitrogen and oxygen atoms in total. The Labute approximate surface area is 194 Å². The maximum Gasteiger partial charge on any atom is 0.268 e. The number of anilines is 1. The molecule has 0 saturated carbocycles. The zero-order chi connectivity index (χ0) is 23.2. The number of carbonyl (C=O) groups is 1. The lowest BCUT2D eigenvalue weighted by molar-refractivity contribution is -0.114. The van der Waals surface area contributed by atoms with Crippen LogP contribution in [0.4, 0.5) is 5.69 Å². The van der Waals surface area contributed by atoms with Crippen molar-refractivity contribution >= 4 is 17.7 Å². The third-order valence-electron chi connectivity index (χ3n) is 5.58. The van der Waals surface area contributed by atoms with Gasteiger partial charge in [0.05, 0.1) is 6.61 Å². The van der Waals surface area contributed by atoms with E-state index in [4.69, 9.17) is 9.47 Å². The summed E-state index contributed by atoms with van der Waals surface area (Å²) in [5, 5.41) is 9.70. The molecule has 0 fully saturated rings. The van der Waals surface area contributed by atoms with Gasteiger partial charge in [0.15, 0.2) is 11.5 Å². The topological polar surface area (TPSA) is 62.6 Å². The van der Waals surface area contributed by atoms with Crippen LogP contribution in [0.15, 0.2) is 72.3 Å². The van der Waals surface area contributed by atoms with E-state index in [0.29, 0.717) is 36.8 Å². The van der Waals surface area contributed by atoms with Crippen LogP contribution in [-0.4, -0.2) is 19.1 Å². The van der Waals surface area contributed by atoms with Crippen molar-refractivity contribution in [1.82, 2.24) is 0 Å². The van der Waals surface area contributed by atoms with Gasteiger partial charge in [-0.05, 0) is 61.2 Å². The van der Waals surface area contributed by atoms with Gasteiger partial charge in [0.2, 0.25) is 0 Å². The van der Waals surface area contributed by atoms with Crippen LogP contribution in [0.3, 0.4) is 0 Å². The summed E-state index contributed by atoms with van der Waals surface area (Å²) in [4.78, 5) is 14.8. The van der Waals surface area contributed by atoms with Crippen LogP contribution in [0.25, 0.3) is 6.08 Å². The average Bonchev–Trinajstić information content (AvgIpc) is 3.27. The minimum atomic E-state index is -0.292. The van der Waals surface area contributed by atoms with Crippen LogP contribution < -0.4 is 14.4 Å². The molecular formula is C28H26N2O3. The second kappa shape index (κ2) is 10.1. The minimum Gasteiger partial charge on any atom is -0.490 e. The van der Waals surface area contributed by atoms with Crippen molar-refractivity contribution in [1.29, 1.82) is 5.26 Å². The summed E-state index contributed by atoms with van der Waals surface area (Å²) in [6.07, 6.45) is 2.40. The van der Waals surface area contributed by atoms with E-state index in [2.05, 4.69) is 18.2 Å². The molecule has 0 radical (unpaired) electrons. The summed E-state index contributed by atoms with van der Waals surface area (Å²) in [6.45, 7) is 5.43. The van der Waals surface area contributed by atoms with Gasteiger partial charge in [-0.25, -0.2) is 0 Å². The standard InChI is InChI=1S/C28H26N2O3/c1-3-32-27-17-22(12-13-26(27)33-19-21-10-8-20(2)9-11-21)16-24(18-29)28(31)30-15-14-23-6-4-5-7-25(23)30/h4-13,16-17H,3,14-15,19H2,1-2H3/b24-16+. The number of benzene rings is 3. The first kappa shape index (κ1) is 22.2. The molecule has 33 heavy (non-hydrogen) atoms. The quantitative estimate of drug-likeness (QED) is 0.363. The maximum absolute atomic E-state index is 13.1. The number of aryl methyl sites for hydroxylation is 1. The van der Waals surface area contributed by atoms with Gasteiger partial charge in [-0.15, -0.1) is 0 Å². The van der Waals surface area contributed by atoms with Gasteiger partial charge in [-0.1, -0.05) is 54.1 Å². The number of carbonyl (C=O) groups excluding carboxylic acids is 1. The van der Waals surface area contributed by atoms with E-state index in [9.17, 15) is 10.1 Å². The van der Waals surface area contributed by atoms with Crippen LogP contribution >= 0.6 is 0 Å². The molecule has 0 unspecified atom stereocenters. The van der Waals surface area contributed by atoms with E-state index in [1.165, 1.54) is 5.56 Å². The first-order valence-electron chi connectivity index (χ1n) is 11.1. The Morgan fingerprint density at radius 3 is 2.61 bits per heavy atom. The average molecular weight is 439 g/mol. The van der Waals surface area contributed by atoms with E-state index in [1.807, 2.05) is 62.4 Å². The van der Waals surface area contributed by atoms with E-state index in [0.717, 1.165) is 23.2 Å². The summed E-state index contributed by atoms with van der Waals surface area (Å²) < 4.78 is 11.8. The van der Waals surface area contributed by atoms with Crippen LogP contribution in [0.2, 0.25) is 0 Å². The SMILES string of the molecule is CCOc1cc(/C=C(\C#N)C(=O)N2CCc3ccccc32)ccc1OCc1ccc(C)cc1. The molecule has 1 aliphatic rings. The number of hydrogen-bond acceptors (Lipinski definition) is 4. The largest absolute Gasteiger partial charge is 0.490 e. The third-order valence-corrected chi connectivity index (χ3v) is 5.58. The molecule has 0 spiro atoms. The lowest BCUT2D eigenvalue weighted by atomic mass is 10.1. The molecule has 0 aromatic heterocycles. The van der Waals surface area contributed by atoms with Gasteiger partial charge in [0, 0.05) is 12.2 Å². The molecule has 0 N–H and O–H groups in total. The van der Waals surface area contributed by atoms with Crippen LogP contribution in [0.1, 0.15) is 29.2 Å². The molecule has 166 valence electrons. The van der Waals surface area contributed by atoms with Gasteiger partial charge in [0.25, 0.3) is 5.91 Å². The molecule has 5 heteroatoms. The number of fused-ring (bicyclic) bond motifs is 1. The first-order chi connectivity index (χ1) is 16.1. The number of rotatable bonds is 7. The molecule has 3 aromatic carbocycles. The number of hydrogen-bond donors (Lipinski definition) is 0. The summed E-state index contributed by atoms with van der Waals surface area (Å²) in [5.74, 6) is 0.905. The van der Waals surface area contributed by atoms with Crippen LogP contribution in [0, 0.1) is 18.3 Å². The van der Waals surface area contributed by atoms with E-state index in [1.54, 1.807) is 17.0 Å². The van der Waals surface area contributed by atoms with Gasteiger partial charge >= 0.3 is 0 Å². The number of ether oxygens (including phenoxy) is 2. The Morgan fingerprint density at radius 1 is 1.06 bits per heavy atom. The molecular weight excluding hydrogens is 412 g/mol. The van der Waals surface area contributed by atoms with Gasteiger partial charge in [-0.2, -0.15) is 5.26 Å². The van der Waals surface area contributed by atoms with Crippen molar-refractivity contribution < 1.29 is 14.3 Å². The molecule has 0 atom stereocenters. The summed E-state index contributed by atoms with van der Waals surface area (Å²) in [7, 11) is 0. The van der Waals surface area contributed by atoms with Gasteiger partial charge in [0.1, 0.15) is 18.2 Å². The van der Waals surface area contributed by atoms with Crippen molar-refractivity contribution in [3.05, 3.63) is 94.6 Å². The van der Waals surface area contributed by atoms with Gasteiger partial charge in [-0.3, -0.25) is 4.79 Å². The fourth-order valence-corrected chi connectivity index (χ4v) is 3.85. The van der Waals surface area contributed by atoms with Crippen molar-refractivity contribution in [3.63, 3.8) is 0 Å². The second-order valence-corrected chi connectivity index (χ2v) is 7.92. The Kier molecular flexibility index (Phi) is 6.75. The first-order valence-corrected chi connectivity index (χ1v) is 11.1. The zero-order valence-corrected chi connectivity index (χ0v) is 18.9. The predicted molar refractivity (Wildman–Crippen MR) is 129 cm³/mol. The number of nitriles is 1. The predicted octanol–water partition coefficient (Wildman–Crippen LogP) is 5.47. The van der Waals surface area contributed by atoms with Crippen LogP contribution in [0.5, 0.6) is 11.5 Å². The number of nitrogens with zero attached hydrogens (tertiary/aromatic N) is 2. The normalized spacial score (nSPS) is 12.8. The zero-order valence-electron chi connectivity index (χ0n) is 18.9. The smallest absolute Gasteiger partial charge is 0.268 e. The fraction of sp³-hybridized carbons (Fsp3) is 0.214. The summed E-state index contributed by atoms with van der Waals surface area (Å²) in [6, 6.07) is 23.5. The molecule has 0 bridgehead atoms. The molecule has 1 amide bonds. The molecule has 1 aliphatic heterocycles. The van der Waals surface area contributed by atoms with Crippen molar-refractivity contribution in [2.75, 3.05) is 18.1 Å².